The summed E-state index contributed by atoms with van der Waals surface area (Å²) in [7, 11) is 0. The molecule has 1 aliphatic carbocycles. The van der Waals surface area contributed by atoms with Crippen molar-refractivity contribution in [3.8, 4) is 0 Å². The normalized spacial score (nSPS) is 24.4. The minimum Gasteiger partial charge on any atom is -0.479 e. The lowest BCUT2D eigenvalue weighted by molar-refractivity contribution is -0.144. The van der Waals surface area contributed by atoms with E-state index in [9.17, 15) is 14.7 Å². The van der Waals surface area contributed by atoms with Gasteiger partial charge in [0.05, 0.1) is 12.3 Å². The summed E-state index contributed by atoms with van der Waals surface area (Å²) in [5, 5.41) is 14.9. The zero-order valence-corrected chi connectivity index (χ0v) is 11.6. The summed E-state index contributed by atoms with van der Waals surface area (Å²) in [5.74, 6) is -1.08. The number of aromatic nitrogens is 1. The Balaban J connectivity index is 1.65. The molecule has 0 spiro atoms. The van der Waals surface area contributed by atoms with Crippen LogP contribution in [0.25, 0.3) is 0 Å². The van der Waals surface area contributed by atoms with Gasteiger partial charge in [0.1, 0.15) is 0 Å². The minimum atomic E-state index is -1.33. The Hall–Kier alpha value is -1.67. The highest BCUT2D eigenvalue weighted by Gasteiger charge is 2.44. The molecule has 2 amide bonds. The van der Waals surface area contributed by atoms with Crippen LogP contribution in [-0.2, 0) is 22.4 Å². The van der Waals surface area contributed by atoms with Gasteiger partial charge in [0.2, 0.25) is 0 Å². The number of amides is 2. The van der Waals surface area contributed by atoms with Crippen LogP contribution in [0, 0.1) is 0 Å². The molecule has 0 aromatic carbocycles. The highest BCUT2D eigenvalue weighted by Crippen LogP contribution is 2.30. The van der Waals surface area contributed by atoms with Gasteiger partial charge in [-0.15, -0.1) is 11.3 Å². The van der Waals surface area contributed by atoms with Crippen molar-refractivity contribution in [1.82, 2.24) is 10.3 Å². The lowest BCUT2D eigenvalue weighted by Gasteiger charge is -2.23. The average Bonchev–Trinajstić information content (AvgIpc) is 3.04. The third-order valence-corrected chi connectivity index (χ3v) is 4.67. The second-order valence-corrected chi connectivity index (χ2v) is 6.10. The van der Waals surface area contributed by atoms with Crippen LogP contribution in [-0.4, -0.2) is 40.8 Å². The maximum absolute atomic E-state index is 11.9. The standard InChI is InChI=1S/C12H15N3O4S/c16-9(17)12(4-5-19-6-12)15-10(18)14-11-13-7-2-1-3-8(7)20-11/h1-6H2,(H,16,17)(H2,13,14,15,18). The van der Waals surface area contributed by atoms with Crippen LogP contribution in [0.15, 0.2) is 0 Å². The predicted molar refractivity (Wildman–Crippen MR) is 72.1 cm³/mol. The summed E-state index contributed by atoms with van der Waals surface area (Å²) in [4.78, 5) is 28.8. The highest BCUT2D eigenvalue weighted by atomic mass is 32.1. The molecule has 0 radical (unpaired) electrons. The lowest BCUT2D eigenvalue weighted by Crippen LogP contribution is -2.56. The third-order valence-electron chi connectivity index (χ3n) is 3.60. The number of carbonyl (C=O) groups excluding carboxylic acids is 1. The molecule has 3 N–H and O–H groups in total. The Kier molecular flexibility index (Phi) is 3.35. The maximum Gasteiger partial charge on any atom is 0.332 e. The van der Waals surface area contributed by atoms with E-state index in [1.807, 2.05) is 0 Å². The fourth-order valence-corrected chi connectivity index (χ4v) is 3.52. The number of rotatable bonds is 3. The summed E-state index contributed by atoms with van der Waals surface area (Å²) in [6.07, 6.45) is 3.33. The number of nitrogens with zero attached hydrogens (tertiary/aromatic N) is 1. The SMILES string of the molecule is O=C(Nc1nc2c(s1)CCC2)NC1(C(=O)O)CCOC1. The number of fused-ring (bicyclic) bond motifs is 1. The molecule has 0 bridgehead atoms. The largest absolute Gasteiger partial charge is 0.479 e. The fraction of sp³-hybridized carbons (Fsp3) is 0.583. The number of hydrogen-bond acceptors (Lipinski definition) is 5. The second kappa shape index (κ2) is 5.02. The number of hydrogen-bond donors (Lipinski definition) is 3. The van der Waals surface area contributed by atoms with E-state index in [0.717, 1.165) is 25.0 Å². The van der Waals surface area contributed by atoms with Crippen molar-refractivity contribution in [3.05, 3.63) is 10.6 Å². The molecule has 1 aromatic rings. The summed E-state index contributed by atoms with van der Waals surface area (Å²) < 4.78 is 5.09. The van der Waals surface area contributed by atoms with E-state index in [0.29, 0.717) is 11.7 Å². The van der Waals surface area contributed by atoms with Crippen molar-refractivity contribution >= 4 is 28.5 Å². The Morgan fingerprint density at radius 1 is 1.40 bits per heavy atom. The van der Waals surface area contributed by atoms with Gasteiger partial charge >= 0.3 is 12.0 Å². The molecule has 0 saturated carbocycles. The number of ether oxygens (including phenoxy) is 1. The number of urea groups is 1. The van der Waals surface area contributed by atoms with Crippen LogP contribution >= 0.6 is 11.3 Å². The Morgan fingerprint density at radius 3 is 2.90 bits per heavy atom. The van der Waals surface area contributed by atoms with E-state index in [4.69, 9.17) is 4.74 Å². The molecule has 1 aromatic heterocycles. The molecule has 7 nitrogen and oxygen atoms in total. The molecule has 108 valence electrons. The average molecular weight is 297 g/mol. The van der Waals surface area contributed by atoms with Crippen LogP contribution in [0.1, 0.15) is 23.4 Å². The molecule has 1 atom stereocenters. The number of nitrogens with one attached hydrogen (secondary N) is 2. The quantitative estimate of drug-likeness (QED) is 0.772. The molecular weight excluding hydrogens is 282 g/mol. The molecule has 20 heavy (non-hydrogen) atoms. The van der Waals surface area contributed by atoms with Crippen LogP contribution in [0.4, 0.5) is 9.93 Å². The molecular formula is C12H15N3O4S. The highest BCUT2D eigenvalue weighted by molar-refractivity contribution is 7.15. The van der Waals surface area contributed by atoms with Crippen LogP contribution in [0.5, 0.6) is 0 Å². The molecule has 2 heterocycles. The van der Waals surface area contributed by atoms with Crippen molar-refractivity contribution in [2.75, 3.05) is 18.5 Å². The number of anilines is 1. The predicted octanol–water partition coefficient (Wildman–Crippen LogP) is 0.997. The van der Waals surface area contributed by atoms with Gasteiger partial charge in [-0.1, -0.05) is 0 Å². The topological polar surface area (TPSA) is 101 Å². The van der Waals surface area contributed by atoms with Crippen LogP contribution < -0.4 is 10.6 Å². The first-order valence-electron chi connectivity index (χ1n) is 6.48. The molecule has 2 aliphatic rings. The van der Waals surface area contributed by atoms with Crippen molar-refractivity contribution in [2.24, 2.45) is 0 Å². The molecule has 1 unspecified atom stereocenters. The van der Waals surface area contributed by atoms with Gasteiger partial charge in [0.15, 0.2) is 10.7 Å². The van der Waals surface area contributed by atoms with Crippen molar-refractivity contribution < 1.29 is 19.4 Å². The molecule has 8 heteroatoms. The number of aryl methyl sites for hydroxylation is 2. The molecule has 1 saturated heterocycles. The van der Waals surface area contributed by atoms with Gasteiger partial charge in [-0.2, -0.15) is 0 Å². The smallest absolute Gasteiger partial charge is 0.332 e. The van der Waals surface area contributed by atoms with Gasteiger partial charge in [-0.3, -0.25) is 5.32 Å². The first-order chi connectivity index (χ1) is 9.59. The summed E-state index contributed by atoms with van der Waals surface area (Å²) in [5.41, 5.74) is -0.285. The van der Waals surface area contributed by atoms with Gasteiger partial charge in [-0.25, -0.2) is 14.6 Å². The second-order valence-electron chi connectivity index (χ2n) is 5.01. The number of aliphatic carboxylic acids is 1. The van der Waals surface area contributed by atoms with Crippen LogP contribution in [0.3, 0.4) is 0 Å². The monoisotopic (exact) mass is 297 g/mol. The van der Waals surface area contributed by atoms with E-state index in [-0.39, 0.29) is 13.0 Å². The van der Waals surface area contributed by atoms with E-state index in [1.165, 1.54) is 16.2 Å². The van der Waals surface area contributed by atoms with E-state index < -0.39 is 17.5 Å². The zero-order valence-electron chi connectivity index (χ0n) is 10.8. The number of carboxylic acids is 1. The van der Waals surface area contributed by atoms with Crippen molar-refractivity contribution in [1.29, 1.82) is 0 Å². The first kappa shape index (κ1) is 13.3. The van der Waals surface area contributed by atoms with Gasteiger partial charge in [0, 0.05) is 17.9 Å². The summed E-state index contributed by atoms with van der Waals surface area (Å²) >= 11 is 1.45. The Bertz CT molecular complexity index is 529. The molecule has 1 aliphatic heterocycles. The summed E-state index contributed by atoms with van der Waals surface area (Å²) in [6, 6.07) is -0.551. The number of carbonyl (C=O) groups is 2. The number of carboxylic acid groups (broad SMARTS) is 1. The molecule has 1 fully saturated rings. The van der Waals surface area contributed by atoms with E-state index in [2.05, 4.69) is 15.6 Å². The van der Waals surface area contributed by atoms with Crippen molar-refractivity contribution in [2.45, 2.75) is 31.2 Å². The summed E-state index contributed by atoms with van der Waals surface area (Å²) in [6.45, 7) is 0.322. The maximum atomic E-state index is 11.9. The zero-order chi connectivity index (χ0) is 14.2. The first-order valence-corrected chi connectivity index (χ1v) is 7.30. The third kappa shape index (κ3) is 2.36. The minimum absolute atomic E-state index is 0.00980. The Morgan fingerprint density at radius 2 is 2.25 bits per heavy atom. The Labute approximate surface area is 119 Å². The fourth-order valence-electron chi connectivity index (χ4n) is 2.48. The van der Waals surface area contributed by atoms with Gasteiger partial charge in [-0.05, 0) is 19.3 Å². The van der Waals surface area contributed by atoms with E-state index >= 15 is 0 Å². The van der Waals surface area contributed by atoms with Crippen LogP contribution in [0.2, 0.25) is 0 Å². The number of thiazole rings is 1. The molecule has 3 rings (SSSR count). The lowest BCUT2D eigenvalue weighted by atomic mass is 9.99. The van der Waals surface area contributed by atoms with Gasteiger partial charge in [0.25, 0.3) is 0 Å². The van der Waals surface area contributed by atoms with Crippen molar-refractivity contribution in [3.63, 3.8) is 0 Å². The van der Waals surface area contributed by atoms with Gasteiger partial charge < -0.3 is 15.2 Å². The van der Waals surface area contributed by atoms with E-state index in [1.54, 1.807) is 0 Å².